The largest absolute Gasteiger partial charge is 0.351 e. The summed E-state index contributed by atoms with van der Waals surface area (Å²) in [6.07, 6.45) is 10.5. The Bertz CT molecular complexity index is 861. The maximum Gasteiger partial charge on any atom is 0.123 e. The second-order valence-electron chi connectivity index (χ2n) is 8.35. The van der Waals surface area contributed by atoms with Gasteiger partial charge in [-0.3, -0.25) is 4.99 Å². The Balaban J connectivity index is 1.83. The van der Waals surface area contributed by atoms with Gasteiger partial charge in [0.25, 0.3) is 0 Å². The highest BCUT2D eigenvalue weighted by Gasteiger charge is 2.21. The van der Waals surface area contributed by atoms with Crippen LogP contribution in [0.1, 0.15) is 82.0 Å². The maximum atomic E-state index is 13.6. The molecular weight excluding hydrogens is 371 g/mol. The molecule has 1 unspecified atom stereocenters. The van der Waals surface area contributed by atoms with Crippen LogP contribution in [0.15, 0.2) is 65.3 Å². The smallest absolute Gasteiger partial charge is 0.123 e. The van der Waals surface area contributed by atoms with E-state index in [0.29, 0.717) is 12.7 Å². The summed E-state index contributed by atoms with van der Waals surface area (Å²) in [5, 5.41) is 0. The van der Waals surface area contributed by atoms with Crippen molar-refractivity contribution in [2.45, 2.75) is 71.8 Å². The number of unbranched alkanes of at least 4 members (excludes halogenated alkanes) is 1. The van der Waals surface area contributed by atoms with E-state index in [4.69, 9.17) is 4.99 Å². The molecule has 1 atom stereocenters. The fraction of sp³-hybridized carbons (Fsp3) is 0.444. The third-order valence-electron chi connectivity index (χ3n) is 5.74. The van der Waals surface area contributed by atoms with Crippen LogP contribution in [0.3, 0.4) is 0 Å². The molecule has 0 heterocycles. The van der Waals surface area contributed by atoms with Crippen molar-refractivity contribution in [1.29, 1.82) is 0 Å². The van der Waals surface area contributed by atoms with Crippen molar-refractivity contribution in [2.24, 2.45) is 4.99 Å². The zero-order valence-electron chi connectivity index (χ0n) is 18.7. The summed E-state index contributed by atoms with van der Waals surface area (Å²) in [4.78, 5) is 7.25. The zero-order chi connectivity index (χ0) is 21.3. The van der Waals surface area contributed by atoms with Crippen LogP contribution >= 0.6 is 0 Å². The van der Waals surface area contributed by atoms with Gasteiger partial charge < -0.3 is 4.90 Å². The molecular formula is C27H35FN2. The summed E-state index contributed by atoms with van der Waals surface area (Å²) < 4.78 is 13.6. The lowest BCUT2D eigenvalue weighted by molar-refractivity contribution is 0.268. The fourth-order valence-corrected chi connectivity index (χ4v) is 3.77. The average Bonchev–Trinajstić information content (AvgIpc) is 3.57. The van der Waals surface area contributed by atoms with Crippen molar-refractivity contribution in [3.05, 3.63) is 82.8 Å². The monoisotopic (exact) mass is 406 g/mol. The topological polar surface area (TPSA) is 15.6 Å². The van der Waals surface area contributed by atoms with Crippen molar-refractivity contribution in [3.8, 4) is 0 Å². The third kappa shape index (κ3) is 6.55. The van der Waals surface area contributed by atoms with Crippen LogP contribution in [-0.4, -0.2) is 17.3 Å². The van der Waals surface area contributed by atoms with Gasteiger partial charge in [0.15, 0.2) is 0 Å². The molecule has 0 amide bonds. The van der Waals surface area contributed by atoms with E-state index in [0.717, 1.165) is 24.1 Å². The fourth-order valence-electron chi connectivity index (χ4n) is 3.77. The van der Waals surface area contributed by atoms with E-state index >= 15 is 0 Å². The summed E-state index contributed by atoms with van der Waals surface area (Å²) in [5.41, 5.74) is 5.99. The second kappa shape index (κ2) is 11.1. The molecule has 0 aliphatic heterocycles. The van der Waals surface area contributed by atoms with Gasteiger partial charge in [-0.1, -0.05) is 75.1 Å². The van der Waals surface area contributed by atoms with E-state index in [1.807, 2.05) is 13.0 Å². The SMILES string of the molecule is CCCCC(c1ccc(CCC)cc1)N(C=C1CC1)C/N=C(\C)c1cccc(F)c1. The molecule has 0 N–H and O–H groups in total. The zero-order valence-corrected chi connectivity index (χ0v) is 18.7. The van der Waals surface area contributed by atoms with Gasteiger partial charge in [-0.25, -0.2) is 4.39 Å². The Morgan fingerprint density at radius 2 is 1.87 bits per heavy atom. The Labute approximate surface area is 181 Å². The number of benzene rings is 2. The van der Waals surface area contributed by atoms with Gasteiger partial charge in [0.2, 0.25) is 0 Å². The lowest BCUT2D eigenvalue weighted by Crippen LogP contribution is -2.25. The van der Waals surface area contributed by atoms with Gasteiger partial charge in [0.1, 0.15) is 12.5 Å². The van der Waals surface area contributed by atoms with Crippen molar-refractivity contribution >= 4 is 5.71 Å². The minimum atomic E-state index is -0.216. The number of aryl methyl sites for hydroxylation is 1. The number of hydrogen-bond acceptors (Lipinski definition) is 2. The summed E-state index contributed by atoms with van der Waals surface area (Å²) in [6.45, 7) is 7.03. The van der Waals surface area contributed by atoms with E-state index in [-0.39, 0.29) is 5.82 Å². The Morgan fingerprint density at radius 1 is 1.10 bits per heavy atom. The Kier molecular flexibility index (Phi) is 8.24. The van der Waals surface area contributed by atoms with Crippen molar-refractivity contribution in [3.63, 3.8) is 0 Å². The summed E-state index contributed by atoms with van der Waals surface area (Å²) in [7, 11) is 0. The molecule has 0 bridgehead atoms. The van der Waals surface area contributed by atoms with Gasteiger partial charge in [0, 0.05) is 11.9 Å². The van der Waals surface area contributed by atoms with Gasteiger partial charge >= 0.3 is 0 Å². The first-order valence-corrected chi connectivity index (χ1v) is 11.4. The third-order valence-corrected chi connectivity index (χ3v) is 5.74. The number of rotatable bonds is 11. The van der Waals surface area contributed by atoms with E-state index in [9.17, 15) is 4.39 Å². The quantitative estimate of drug-likeness (QED) is 0.354. The average molecular weight is 407 g/mol. The molecule has 0 spiro atoms. The molecule has 2 aromatic rings. The molecule has 3 heteroatoms. The minimum Gasteiger partial charge on any atom is -0.351 e. The number of halogens is 1. The van der Waals surface area contributed by atoms with E-state index in [2.05, 4.69) is 49.2 Å². The number of hydrogen-bond donors (Lipinski definition) is 0. The molecule has 1 aliphatic rings. The van der Waals surface area contributed by atoms with E-state index in [1.54, 1.807) is 12.1 Å². The summed E-state index contributed by atoms with van der Waals surface area (Å²) in [6, 6.07) is 16.2. The minimum absolute atomic E-state index is 0.216. The van der Waals surface area contributed by atoms with Gasteiger partial charge in [-0.2, -0.15) is 0 Å². The van der Waals surface area contributed by atoms with Gasteiger partial charge in [0.05, 0.1) is 6.04 Å². The number of allylic oxidation sites excluding steroid dienone is 1. The standard InChI is InChI=1S/C27H35FN2/c1-4-6-11-27(24-16-14-22(8-5-2)15-17-24)30(19-23-12-13-23)20-29-21(3)25-9-7-10-26(28)18-25/h7,9-10,14-19,27H,4-6,8,11-13,20H2,1-3H3/b29-21+. The molecule has 1 fully saturated rings. The van der Waals surface area contributed by atoms with Crippen molar-refractivity contribution in [1.82, 2.24) is 4.90 Å². The van der Waals surface area contributed by atoms with Crippen molar-refractivity contribution < 1.29 is 4.39 Å². The van der Waals surface area contributed by atoms with Gasteiger partial charge in [-0.15, -0.1) is 0 Å². The predicted octanol–water partition coefficient (Wildman–Crippen LogP) is 7.46. The lowest BCUT2D eigenvalue weighted by Gasteiger charge is -2.30. The highest BCUT2D eigenvalue weighted by atomic mass is 19.1. The molecule has 1 saturated carbocycles. The molecule has 0 saturated heterocycles. The van der Waals surface area contributed by atoms with Crippen molar-refractivity contribution in [2.75, 3.05) is 6.67 Å². The van der Waals surface area contributed by atoms with Crippen LogP contribution in [0.4, 0.5) is 4.39 Å². The molecule has 3 rings (SSSR count). The first-order valence-electron chi connectivity index (χ1n) is 11.4. The van der Waals surface area contributed by atoms with Crippen LogP contribution in [0.5, 0.6) is 0 Å². The summed E-state index contributed by atoms with van der Waals surface area (Å²) >= 11 is 0. The maximum absolute atomic E-state index is 13.6. The second-order valence-corrected chi connectivity index (χ2v) is 8.35. The molecule has 0 aromatic heterocycles. The van der Waals surface area contributed by atoms with Crippen LogP contribution in [-0.2, 0) is 6.42 Å². The van der Waals surface area contributed by atoms with E-state index < -0.39 is 0 Å². The molecule has 2 nitrogen and oxygen atoms in total. The molecule has 1 aliphatic carbocycles. The first kappa shape index (κ1) is 22.3. The first-order chi connectivity index (χ1) is 14.6. The van der Waals surface area contributed by atoms with E-state index in [1.165, 1.54) is 54.9 Å². The summed E-state index contributed by atoms with van der Waals surface area (Å²) in [5.74, 6) is -0.216. The van der Waals surface area contributed by atoms with Crippen LogP contribution in [0.2, 0.25) is 0 Å². The Hall–Kier alpha value is -2.42. The van der Waals surface area contributed by atoms with Crippen LogP contribution < -0.4 is 0 Å². The molecule has 2 aromatic carbocycles. The van der Waals surface area contributed by atoms with Crippen LogP contribution in [0.25, 0.3) is 0 Å². The van der Waals surface area contributed by atoms with Gasteiger partial charge in [-0.05, 0) is 61.4 Å². The highest BCUT2D eigenvalue weighted by molar-refractivity contribution is 5.98. The normalized spacial score (nSPS) is 14.5. The number of nitrogens with zero attached hydrogens (tertiary/aromatic N) is 2. The molecule has 0 radical (unpaired) electrons. The molecule has 30 heavy (non-hydrogen) atoms. The predicted molar refractivity (Wildman–Crippen MR) is 125 cm³/mol. The van der Waals surface area contributed by atoms with Crippen LogP contribution in [0, 0.1) is 5.82 Å². The Morgan fingerprint density at radius 3 is 2.50 bits per heavy atom. The highest BCUT2D eigenvalue weighted by Crippen LogP contribution is 2.33. The number of aliphatic imine (C=N–C) groups is 1. The lowest BCUT2D eigenvalue weighted by atomic mass is 9.97. The molecule has 160 valence electrons.